The Kier molecular flexibility index (Phi) is 4.24. The Bertz CT molecular complexity index is 515. The van der Waals surface area contributed by atoms with Gasteiger partial charge in [0.25, 0.3) is 0 Å². The van der Waals surface area contributed by atoms with Crippen LogP contribution in [0, 0.1) is 11.7 Å². The summed E-state index contributed by atoms with van der Waals surface area (Å²) in [4.78, 5) is 14.3. The molecule has 1 saturated heterocycles. The average Bonchev–Trinajstić information content (AvgIpc) is 2.75. The second kappa shape index (κ2) is 6.14. The number of nitrogens with zero attached hydrogens (tertiary/aromatic N) is 1. The first kappa shape index (κ1) is 14.5. The zero-order chi connectivity index (χ0) is 14.8. The summed E-state index contributed by atoms with van der Waals surface area (Å²) >= 11 is 0. The molecule has 1 heterocycles. The van der Waals surface area contributed by atoms with Gasteiger partial charge in [0.1, 0.15) is 12.0 Å². The van der Waals surface area contributed by atoms with Gasteiger partial charge in [-0.2, -0.15) is 0 Å². The number of benzene rings is 1. The molecule has 0 radical (unpaired) electrons. The van der Waals surface area contributed by atoms with E-state index < -0.39 is 0 Å². The van der Waals surface area contributed by atoms with Crippen molar-refractivity contribution in [2.75, 3.05) is 6.54 Å². The van der Waals surface area contributed by atoms with Crippen molar-refractivity contribution in [2.24, 2.45) is 5.92 Å². The normalized spacial score (nSPS) is 26.2. The molecule has 1 aliphatic carbocycles. The van der Waals surface area contributed by atoms with Crippen LogP contribution < -0.4 is 5.32 Å². The van der Waals surface area contributed by atoms with E-state index in [4.69, 9.17) is 0 Å². The fourth-order valence-corrected chi connectivity index (χ4v) is 3.27. The van der Waals surface area contributed by atoms with Gasteiger partial charge in [-0.3, -0.25) is 10.1 Å². The smallest absolute Gasteiger partial charge is 0.241 e. The average molecular weight is 290 g/mol. The lowest BCUT2D eigenvalue weighted by molar-refractivity contribution is -0.130. The number of nitrogens with one attached hydrogen (secondary N) is 1. The number of hydrogen-bond donors (Lipinski definition) is 1. The Balaban J connectivity index is 1.78. The third-order valence-electron chi connectivity index (χ3n) is 4.86. The van der Waals surface area contributed by atoms with Crippen molar-refractivity contribution in [2.45, 2.75) is 51.2 Å². The summed E-state index contributed by atoms with van der Waals surface area (Å²) in [6.07, 6.45) is 5.32. The van der Waals surface area contributed by atoms with Gasteiger partial charge in [-0.05, 0) is 24.8 Å². The second-order valence-corrected chi connectivity index (χ2v) is 6.17. The molecule has 1 aromatic carbocycles. The SMILES string of the molecule is CCC1NC(c2ccccc2F)N(CCC2CCC2)C1=O. The zero-order valence-corrected chi connectivity index (χ0v) is 12.5. The summed E-state index contributed by atoms with van der Waals surface area (Å²) in [5.74, 6) is 0.623. The maximum Gasteiger partial charge on any atom is 0.241 e. The highest BCUT2D eigenvalue weighted by Crippen LogP contribution is 2.33. The van der Waals surface area contributed by atoms with Crippen molar-refractivity contribution >= 4 is 5.91 Å². The first-order chi connectivity index (χ1) is 10.2. The Morgan fingerprint density at radius 2 is 2.10 bits per heavy atom. The monoisotopic (exact) mass is 290 g/mol. The van der Waals surface area contributed by atoms with E-state index in [2.05, 4.69) is 5.32 Å². The van der Waals surface area contributed by atoms with Gasteiger partial charge in [0, 0.05) is 12.1 Å². The molecular weight excluding hydrogens is 267 g/mol. The van der Waals surface area contributed by atoms with Gasteiger partial charge in [0.15, 0.2) is 0 Å². The Morgan fingerprint density at radius 1 is 1.33 bits per heavy atom. The standard InChI is InChI=1S/C17H23FN2O/c1-2-15-17(21)20(11-10-12-6-5-7-12)16(19-15)13-8-3-4-9-14(13)18/h3-4,8-9,12,15-16,19H,2,5-7,10-11H2,1H3. The minimum absolute atomic E-state index is 0.116. The van der Waals surface area contributed by atoms with E-state index in [9.17, 15) is 9.18 Å². The third-order valence-corrected chi connectivity index (χ3v) is 4.86. The van der Waals surface area contributed by atoms with Crippen LogP contribution >= 0.6 is 0 Å². The van der Waals surface area contributed by atoms with Gasteiger partial charge in [-0.15, -0.1) is 0 Å². The zero-order valence-electron chi connectivity index (χ0n) is 12.5. The van der Waals surface area contributed by atoms with E-state index >= 15 is 0 Å². The molecule has 4 heteroatoms. The Labute approximate surface area is 125 Å². The lowest BCUT2D eigenvalue weighted by Gasteiger charge is -2.30. The fraction of sp³-hybridized carbons (Fsp3) is 0.588. The van der Waals surface area contributed by atoms with Crippen LogP contribution in [0.1, 0.15) is 50.8 Å². The summed E-state index contributed by atoms with van der Waals surface area (Å²) in [5, 5.41) is 3.29. The van der Waals surface area contributed by atoms with Gasteiger partial charge in [0.05, 0.1) is 6.04 Å². The molecule has 1 N–H and O–H groups in total. The molecule has 1 amide bonds. The van der Waals surface area contributed by atoms with Crippen LogP contribution in [0.4, 0.5) is 4.39 Å². The van der Waals surface area contributed by atoms with Gasteiger partial charge >= 0.3 is 0 Å². The van der Waals surface area contributed by atoms with Crippen molar-refractivity contribution < 1.29 is 9.18 Å². The van der Waals surface area contributed by atoms with Crippen LogP contribution in [-0.4, -0.2) is 23.4 Å². The largest absolute Gasteiger partial charge is 0.321 e. The summed E-state index contributed by atoms with van der Waals surface area (Å²) < 4.78 is 14.1. The van der Waals surface area contributed by atoms with E-state index in [0.29, 0.717) is 5.56 Å². The first-order valence-corrected chi connectivity index (χ1v) is 8.01. The summed E-state index contributed by atoms with van der Waals surface area (Å²) in [6.45, 7) is 2.72. The van der Waals surface area contributed by atoms with E-state index in [-0.39, 0.29) is 23.9 Å². The second-order valence-electron chi connectivity index (χ2n) is 6.17. The van der Waals surface area contributed by atoms with Crippen molar-refractivity contribution in [3.63, 3.8) is 0 Å². The molecule has 1 saturated carbocycles. The van der Waals surface area contributed by atoms with Crippen LogP contribution in [0.15, 0.2) is 24.3 Å². The topological polar surface area (TPSA) is 32.3 Å². The minimum Gasteiger partial charge on any atom is -0.321 e. The predicted molar refractivity (Wildman–Crippen MR) is 80.0 cm³/mol. The molecule has 0 bridgehead atoms. The van der Waals surface area contributed by atoms with Gasteiger partial charge in [-0.1, -0.05) is 44.4 Å². The third kappa shape index (κ3) is 2.82. The van der Waals surface area contributed by atoms with Crippen LogP contribution in [0.2, 0.25) is 0 Å². The van der Waals surface area contributed by atoms with Crippen LogP contribution in [0.5, 0.6) is 0 Å². The molecule has 1 aliphatic heterocycles. The quantitative estimate of drug-likeness (QED) is 0.903. The van der Waals surface area contributed by atoms with E-state index in [0.717, 1.165) is 25.3 Å². The van der Waals surface area contributed by atoms with Gasteiger partial charge in [0.2, 0.25) is 5.91 Å². The minimum atomic E-state index is -0.316. The van der Waals surface area contributed by atoms with Crippen molar-refractivity contribution in [3.8, 4) is 0 Å². The lowest BCUT2D eigenvalue weighted by Crippen LogP contribution is -2.33. The summed E-state index contributed by atoms with van der Waals surface area (Å²) in [7, 11) is 0. The molecule has 2 fully saturated rings. The Hall–Kier alpha value is -1.42. The maximum atomic E-state index is 14.1. The van der Waals surface area contributed by atoms with Gasteiger partial charge < -0.3 is 4.90 Å². The number of carbonyl (C=O) groups is 1. The van der Waals surface area contributed by atoms with Crippen molar-refractivity contribution in [1.82, 2.24) is 10.2 Å². The molecule has 2 atom stereocenters. The first-order valence-electron chi connectivity index (χ1n) is 8.01. The number of carbonyl (C=O) groups excluding carboxylic acids is 1. The predicted octanol–water partition coefficient (Wildman–Crippen LogP) is 3.22. The van der Waals surface area contributed by atoms with Crippen molar-refractivity contribution in [3.05, 3.63) is 35.6 Å². The molecule has 2 unspecified atom stereocenters. The van der Waals surface area contributed by atoms with E-state index in [1.54, 1.807) is 12.1 Å². The van der Waals surface area contributed by atoms with E-state index in [1.807, 2.05) is 17.9 Å². The molecule has 1 aromatic rings. The molecule has 2 aliphatic rings. The highest BCUT2D eigenvalue weighted by atomic mass is 19.1. The molecular formula is C17H23FN2O. The molecule has 0 spiro atoms. The molecule has 21 heavy (non-hydrogen) atoms. The highest BCUT2D eigenvalue weighted by Gasteiger charge is 2.39. The summed E-state index contributed by atoms with van der Waals surface area (Å²) in [5.41, 5.74) is 0.579. The summed E-state index contributed by atoms with van der Waals surface area (Å²) in [6, 6.07) is 6.56. The number of rotatable bonds is 5. The van der Waals surface area contributed by atoms with Crippen LogP contribution in [0.3, 0.4) is 0 Å². The van der Waals surface area contributed by atoms with E-state index in [1.165, 1.54) is 25.3 Å². The molecule has 114 valence electrons. The highest BCUT2D eigenvalue weighted by molar-refractivity contribution is 5.84. The number of halogens is 1. The molecule has 3 rings (SSSR count). The van der Waals surface area contributed by atoms with Gasteiger partial charge in [-0.25, -0.2) is 4.39 Å². The Morgan fingerprint density at radius 3 is 2.71 bits per heavy atom. The fourth-order valence-electron chi connectivity index (χ4n) is 3.27. The van der Waals surface area contributed by atoms with Crippen LogP contribution in [0.25, 0.3) is 0 Å². The number of hydrogen-bond acceptors (Lipinski definition) is 2. The molecule has 3 nitrogen and oxygen atoms in total. The number of amides is 1. The maximum absolute atomic E-state index is 14.1. The van der Waals surface area contributed by atoms with Crippen molar-refractivity contribution in [1.29, 1.82) is 0 Å². The van der Waals surface area contributed by atoms with Crippen LogP contribution in [-0.2, 0) is 4.79 Å². The molecule has 0 aromatic heterocycles. The lowest BCUT2D eigenvalue weighted by atomic mass is 9.83.